The lowest BCUT2D eigenvalue weighted by molar-refractivity contribution is -0.114. The van der Waals surface area contributed by atoms with Crippen LogP contribution < -0.4 is 10.1 Å². The summed E-state index contributed by atoms with van der Waals surface area (Å²) in [6.45, 7) is 4.57. The third-order valence-corrected chi connectivity index (χ3v) is 4.94. The molecule has 0 fully saturated rings. The molecule has 3 heteroatoms. The van der Waals surface area contributed by atoms with Gasteiger partial charge in [0.1, 0.15) is 5.75 Å². The van der Waals surface area contributed by atoms with Crippen molar-refractivity contribution >= 4 is 11.6 Å². The minimum Gasteiger partial charge on any atom is -0.494 e. The van der Waals surface area contributed by atoms with Crippen LogP contribution in [-0.2, 0) is 4.79 Å². The van der Waals surface area contributed by atoms with E-state index in [1.165, 1.54) is 90.4 Å². The lowest BCUT2D eigenvalue weighted by Gasteiger charge is -2.07. The molecule has 0 aliphatic carbocycles. The van der Waals surface area contributed by atoms with Crippen LogP contribution in [0.15, 0.2) is 24.3 Å². The molecule has 1 aromatic rings. The summed E-state index contributed by atoms with van der Waals surface area (Å²) in [4.78, 5) is 11.0. The minimum atomic E-state index is -0.0499. The summed E-state index contributed by atoms with van der Waals surface area (Å²) < 4.78 is 5.76. The highest BCUT2D eigenvalue weighted by Crippen LogP contribution is 2.17. The van der Waals surface area contributed by atoms with Crippen LogP contribution in [0, 0.1) is 0 Å². The highest BCUT2D eigenvalue weighted by molar-refractivity contribution is 5.88. The van der Waals surface area contributed by atoms with Crippen molar-refractivity contribution in [3.8, 4) is 5.75 Å². The summed E-state index contributed by atoms with van der Waals surface area (Å²) in [6, 6.07) is 7.58. The normalized spacial score (nSPS) is 10.7. The van der Waals surface area contributed by atoms with Crippen molar-refractivity contribution in [2.75, 3.05) is 11.9 Å². The highest BCUT2D eigenvalue weighted by atomic mass is 16.5. The van der Waals surface area contributed by atoms with E-state index < -0.39 is 0 Å². The maximum absolute atomic E-state index is 11.0. The number of carbonyl (C=O) groups is 1. The zero-order valence-corrected chi connectivity index (χ0v) is 17.7. The Labute approximate surface area is 167 Å². The van der Waals surface area contributed by atoms with Gasteiger partial charge < -0.3 is 10.1 Å². The van der Waals surface area contributed by atoms with Crippen molar-refractivity contribution in [1.82, 2.24) is 0 Å². The van der Waals surface area contributed by atoms with Crippen LogP contribution in [0.4, 0.5) is 5.69 Å². The first kappa shape index (κ1) is 23.5. The molecule has 0 atom stereocenters. The second-order valence-corrected chi connectivity index (χ2v) is 7.65. The molecule has 1 rings (SSSR count). The summed E-state index contributed by atoms with van der Waals surface area (Å²) in [5.41, 5.74) is 0.811. The van der Waals surface area contributed by atoms with Gasteiger partial charge in [-0.2, -0.15) is 0 Å². The lowest BCUT2D eigenvalue weighted by atomic mass is 10.0. The Morgan fingerprint density at radius 2 is 1.19 bits per heavy atom. The maximum Gasteiger partial charge on any atom is 0.221 e. The number of amides is 1. The van der Waals surface area contributed by atoms with E-state index in [1.807, 2.05) is 24.3 Å². The van der Waals surface area contributed by atoms with Gasteiger partial charge in [0.2, 0.25) is 5.91 Å². The van der Waals surface area contributed by atoms with Gasteiger partial charge in [-0.15, -0.1) is 0 Å². The molecule has 1 amide bonds. The molecular formula is C24H41NO2. The quantitative estimate of drug-likeness (QED) is 0.286. The first-order valence-electron chi connectivity index (χ1n) is 11.2. The molecular weight excluding hydrogens is 334 g/mol. The summed E-state index contributed by atoms with van der Waals surface area (Å²) in [6.07, 6.45) is 19.2. The van der Waals surface area contributed by atoms with Gasteiger partial charge in [0.15, 0.2) is 0 Å². The summed E-state index contributed by atoms with van der Waals surface area (Å²) >= 11 is 0. The Morgan fingerprint density at radius 3 is 1.63 bits per heavy atom. The number of nitrogens with one attached hydrogen (secondary N) is 1. The number of rotatable bonds is 17. The smallest absolute Gasteiger partial charge is 0.221 e. The number of hydrogen-bond acceptors (Lipinski definition) is 2. The average Bonchev–Trinajstić information content (AvgIpc) is 2.66. The predicted octanol–water partition coefficient (Wildman–Crippen LogP) is 7.51. The molecule has 27 heavy (non-hydrogen) atoms. The molecule has 0 saturated heterocycles. The first-order valence-corrected chi connectivity index (χ1v) is 11.2. The van der Waals surface area contributed by atoms with E-state index in [9.17, 15) is 4.79 Å². The van der Waals surface area contributed by atoms with E-state index in [0.717, 1.165) is 24.5 Å². The standard InChI is InChI=1S/C24H41NO2/c1-3-4-5-6-7-8-9-10-11-12-13-14-15-16-21-27-24-19-17-23(18-20-24)25-22(2)26/h17-20H,3-16,21H2,1-2H3,(H,25,26). The zero-order valence-electron chi connectivity index (χ0n) is 17.7. The molecule has 0 radical (unpaired) electrons. The van der Waals surface area contributed by atoms with E-state index in [-0.39, 0.29) is 5.91 Å². The molecule has 0 saturated carbocycles. The van der Waals surface area contributed by atoms with Crippen molar-refractivity contribution in [3.63, 3.8) is 0 Å². The molecule has 1 aromatic carbocycles. The van der Waals surface area contributed by atoms with Crippen molar-refractivity contribution in [3.05, 3.63) is 24.3 Å². The van der Waals surface area contributed by atoms with Crippen LogP contribution >= 0.6 is 0 Å². The summed E-state index contributed by atoms with van der Waals surface area (Å²) in [5, 5.41) is 2.76. The predicted molar refractivity (Wildman–Crippen MR) is 117 cm³/mol. The van der Waals surface area contributed by atoms with Gasteiger partial charge in [-0.25, -0.2) is 0 Å². The average molecular weight is 376 g/mol. The molecule has 0 heterocycles. The number of benzene rings is 1. The monoisotopic (exact) mass is 375 g/mol. The van der Waals surface area contributed by atoms with Crippen molar-refractivity contribution in [2.24, 2.45) is 0 Å². The van der Waals surface area contributed by atoms with E-state index >= 15 is 0 Å². The van der Waals surface area contributed by atoms with Crippen LogP contribution in [0.1, 0.15) is 104 Å². The first-order chi connectivity index (χ1) is 13.2. The fraction of sp³-hybridized carbons (Fsp3) is 0.708. The molecule has 0 aliphatic heterocycles. The third kappa shape index (κ3) is 14.2. The maximum atomic E-state index is 11.0. The Bertz CT molecular complexity index is 470. The van der Waals surface area contributed by atoms with Crippen molar-refractivity contribution < 1.29 is 9.53 Å². The second kappa shape index (κ2) is 16.6. The fourth-order valence-corrected chi connectivity index (χ4v) is 3.32. The van der Waals surface area contributed by atoms with Gasteiger partial charge in [0.05, 0.1) is 6.61 Å². The topological polar surface area (TPSA) is 38.3 Å². The summed E-state index contributed by atoms with van der Waals surface area (Å²) in [5.74, 6) is 0.824. The van der Waals surface area contributed by atoms with E-state index in [2.05, 4.69) is 12.2 Å². The number of ether oxygens (including phenoxy) is 1. The Kier molecular flexibility index (Phi) is 14.5. The number of unbranched alkanes of at least 4 members (excludes halogenated alkanes) is 13. The van der Waals surface area contributed by atoms with Gasteiger partial charge >= 0.3 is 0 Å². The molecule has 154 valence electrons. The van der Waals surface area contributed by atoms with Crippen LogP contribution in [0.5, 0.6) is 5.75 Å². The largest absolute Gasteiger partial charge is 0.494 e. The summed E-state index contributed by atoms with van der Waals surface area (Å²) in [7, 11) is 0. The van der Waals surface area contributed by atoms with Gasteiger partial charge in [0, 0.05) is 12.6 Å². The second-order valence-electron chi connectivity index (χ2n) is 7.65. The van der Waals surface area contributed by atoms with Gasteiger partial charge in [0.25, 0.3) is 0 Å². The Morgan fingerprint density at radius 1 is 0.741 bits per heavy atom. The van der Waals surface area contributed by atoms with Crippen LogP contribution in [0.3, 0.4) is 0 Å². The van der Waals surface area contributed by atoms with Crippen molar-refractivity contribution in [1.29, 1.82) is 0 Å². The molecule has 0 bridgehead atoms. The molecule has 0 aromatic heterocycles. The van der Waals surface area contributed by atoms with Crippen LogP contribution in [0.2, 0.25) is 0 Å². The number of anilines is 1. The van der Waals surface area contributed by atoms with Crippen LogP contribution in [-0.4, -0.2) is 12.5 Å². The molecule has 0 aliphatic rings. The van der Waals surface area contributed by atoms with Gasteiger partial charge in [-0.05, 0) is 30.7 Å². The lowest BCUT2D eigenvalue weighted by Crippen LogP contribution is -2.05. The third-order valence-electron chi connectivity index (χ3n) is 4.94. The highest BCUT2D eigenvalue weighted by Gasteiger charge is 1.98. The Balaban J connectivity index is 1.84. The van der Waals surface area contributed by atoms with Crippen molar-refractivity contribution in [2.45, 2.75) is 104 Å². The molecule has 0 unspecified atom stereocenters. The van der Waals surface area contributed by atoms with Gasteiger partial charge in [-0.1, -0.05) is 90.4 Å². The SMILES string of the molecule is CCCCCCCCCCCCCCCCOc1ccc(NC(C)=O)cc1. The number of hydrogen-bond donors (Lipinski definition) is 1. The van der Waals surface area contributed by atoms with E-state index in [1.54, 1.807) is 0 Å². The Hall–Kier alpha value is -1.51. The van der Waals surface area contributed by atoms with E-state index in [0.29, 0.717) is 0 Å². The van der Waals surface area contributed by atoms with Crippen LogP contribution in [0.25, 0.3) is 0 Å². The fourth-order valence-electron chi connectivity index (χ4n) is 3.32. The molecule has 0 spiro atoms. The minimum absolute atomic E-state index is 0.0499. The van der Waals surface area contributed by atoms with Gasteiger partial charge in [-0.3, -0.25) is 4.79 Å². The van der Waals surface area contributed by atoms with E-state index in [4.69, 9.17) is 4.74 Å². The molecule has 1 N–H and O–H groups in total. The molecule has 3 nitrogen and oxygen atoms in total. The number of carbonyl (C=O) groups excluding carboxylic acids is 1. The zero-order chi connectivity index (χ0) is 19.6.